The van der Waals surface area contributed by atoms with Crippen LogP contribution in [0.5, 0.6) is 0 Å². The van der Waals surface area contributed by atoms with Gasteiger partial charge in [0.15, 0.2) is 0 Å². The van der Waals surface area contributed by atoms with Crippen LogP contribution in [0.1, 0.15) is 39.0 Å². The fourth-order valence-electron chi connectivity index (χ4n) is 2.96. The Morgan fingerprint density at radius 2 is 1.72 bits per heavy atom. The molecule has 1 amide bonds. The molecule has 1 saturated heterocycles. The topological polar surface area (TPSA) is 35.6 Å². The van der Waals surface area contributed by atoms with Crippen molar-refractivity contribution >= 4 is 5.91 Å². The molecule has 4 heteroatoms. The van der Waals surface area contributed by atoms with Crippen LogP contribution < -0.4 is 5.32 Å². The Kier molecular flexibility index (Phi) is 5.45. The Hall–Kier alpha value is -0.610. The van der Waals surface area contributed by atoms with Crippen LogP contribution >= 0.6 is 0 Å². The van der Waals surface area contributed by atoms with E-state index in [4.69, 9.17) is 0 Å². The molecule has 0 bridgehead atoms. The minimum Gasteiger partial charge on any atom is -0.353 e. The Labute approximate surface area is 111 Å². The van der Waals surface area contributed by atoms with Crippen molar-refractivity contribution in [2.45, 2.75) is 45.1 Å². The Morgan fingerprint density at radius 1 is 1.11 bits per heavy atom. The van der Waals surface area contributed by atoms with Gasteiger partial charge in [0.25, 0.3) is 0 Å². The maximum atomic E-state index is 11.8. The smallest absolute Gasteiger partial charge is 0.221 e. The van der Waals surface area contributed by atoms with Gasteiger partial charge in [-0.05, 0) is 19.4 Å². The van der Waals surface area contributed by atoms with Crippen molar-refractivity contribution < 1.29 is 4.79 Å². The van der Waals surface area contributed by atoms with Crippen LogP contribution in [0.25, 0.3) is 0 Å². The third kappa shape index (κ3) is 4.25. The van der Waals surface area contributed by atoms with Gasteiger partial charge in [0.1, 0.15) is 0 Å². The van der Waals surface area contributed by atoms with Gasteiger partial charge in [0.2, 0.25) is 5.91 Å². The summed E-state index contributed by atoms with van der Waals surface area (Å²) in [5.41, 5.74) is 0. The summed E-state index contributed by atoms with van der Waals surface area (Å²) in [7, 11) is 0. The van der Waals surface area contributed by atoms with Crippen LogP contribution in [0, 0.1) is 0 Å². The minimum absolute atomic E-state index is 0.250. The first-order valence-corrected chi connectivity index (χ1v) is 7.52. The quantitative estimate of drug-likeness (QED) is 0.796. The highest BCUT2D eigenvalue weighted by molar-refractivity contribution is 5.76. The predicted octanol–water partition coefficient (Wildman–Crippen LogP) is 1.07. The molecule has 1 saturated carbocycles. The molecule has 0 aromatic rings. The minimum atomic E-state index is 0.250. The van der Waals surface area contributed by atoms with E-state index in [0.717, 1.165) is 39.3 Å². The van der Waals surface area contributed by atoms with Crippen molar-refractivity contribution in [2.75, 3.05) is 39.3 Å². The summed E-state index contributed by atoms with van der Waals surface area (Å²) < 4.78 is 0. The highest BCUT2D eigenvalue weighted by Gasteiger charge is 2.19. The van der Waals surface area contributed by atoms with Gasteiger partial charge in [-0.25, -0.2) is 0 Å². The lowest BCUT2D eigenvalue weighted by Crippen LogP contribution is -2.47. The molecular weight excluding hydrogens is 226 g/mol. The summed E-state index contributed by atoms with van der Waals surface area (Å²) in [4.78, 5) is 16.7. The standard InChI is InChI=1S/C14H27N3O/c1-2-16-9-11-17(12-10-16)8-7-14(18)15-13-5-3-4-6-13/h13H,2-12H2,1H3,(H,15,18). The van der Waals surface area contributed by atoms with Gasteiger partial charge in [-0.2, -0.15) is 0 Å². The summed E-state index contributed by atoms with van der Waals surface area (Å²) in [5.74, 6) is 0.250. The number of piperazine rings is 1. The predicted molar refractivity (Wildman–Crippen MR) is 73.6 cm³/mol. The van der Waals surface area contributed by atoms with Crippen molar-refractivity contribution in [3.8, 4) is 0 Å². The summed E-state index contributed by atoms with van der Waals surface area (Å²) >= 11 is 0. The normalized spacial score (nSPS) is 23.4. The van der Waals surface area contributed by atoms with Crippen LogP contribution in [0.4, 0.5) is 0 Å². The van der Waals surface area contributed by atoms with E-state index in [2.05, 4.69) is 22.0 Å². The van der Waals surface area contributed by atoms with E-state index in [1.807, 2.05) is 0 Å². The monoisotopic (exact) mass is 253 g/mol. The number of hydrogen-bond acceptors (Lipinski definition) is 3. The van der Waals surface area contributed by atoms with Crippen molar-refractivity contribution in [1.82, 2.24) is 15.1 Å². The number of nitrogens with zero attached hydrogens (tertiary/aromatic N) is 2. The van der Waals surface area contributed by atoms with Crippen molar-refractivity contribution in [2.24, 2.45) is 0 Å². The highest BCUT2D eigenvalue weighted by atomic mass is 16.1. The molecule has 1 N–H and O–H groups in total. The van der Waals surface area contributed by atoms with E-state index < -0.39 is 0 Å². The van der Waals surface area contributed by atoms with E-state index in [-0.39, 0.29) is 5.91 Å². The molecule has 0 aromatic carbocycles. The Balaban J connectivity index is 1.58. The summed E-state index contributed by atoms with van der Waals surface area (Å²) in [6, 6.07) is 0.467. The number of amides is 1. The number of rotatable bonds is 5. The molecule has 0 aromatic heterocycles. The van der Waals surface area contributed by atoms with Crippen LogP contribution in [0.3, 0.4) is 0 Å². The molecule has 0 unspecified atom stereocenters. The highest BCUT2D eigenvalue weighted by Crippen LogP contribution is 2.17. The first kappa shape index (κ1) is 13.8. The lowest BCUT2D eigenvalue weighted by Gasteiger charge is -2.33. The molecule has 2 aliphatic rings. The zero-order chi connectivity index (χ0) is 12.8. The van der Waals surface area contributed by atoms with E-state index >= 15 is 0 Å². The van der Waals surface area contributed by atoms with Crippen LogP contribution in [-0.4, -0.2) is 61.0 Å². The molecule has 0 spiro atoms. The van der Waals surface area contributed by atoms with Gasteiger partial charge >= 0.3 is 0 Å². The van der Waals surface area contributed by atoms with Gasteiger partial charge in [-0.3, -0.25) is 4.79 Å². The molecule has 1 aliphatic heterocycles. The van der Waals surface area contributed by atoms with Crippen molar-refractivity contribution in [1.29, 1.82) is 0 Å². The number of likely N-dealkylation sites (N-methyl/N-ethyl adjacent to an activating group) is 1. The average molecular weight is 253 g/mol. The maximum absolute atomic E-state index is 11.8. The molecule has 2 fully saturated rings. The number of nitrogens with one attached hydrogen (secondary N) is 1. The van der Waals surface area contributed by atoms with Gasteiger partial charge in [0, 0.05) is 45.2 Å². The van der Waals surface area contributed by atoms with Gasteiger partial charge in [-0.1, -0.05) is 19.8 Å². The van der Waals surface area contributed by atoms with E-state index in [1.165, 1.54) is 25.7 Å². The largest absolute Gasteiger partial charge is 0.353 e. The van der Waals surface area contributed by atoms with Crippen LogP contribution in [0.15, 0.2) is 0 Å². The van der Waals surface area contributed by atoms with Crippen LogP contribution in [0.2, 0.25) is 0 Å². The first-order chi connectivity index (χ1) is 8.78. The molecular formula is C14H27N3O. The molecule has 18 heavy (non-hydrogen) atoms. The number of carbonyl (C=O) groups excluding carboxylic acids is 1. The fourth-order valence-corrected chi connectivity index (χ4v) is 2.96. The van der Waals surface area contributed by atoms with Gasteiger partial charge < -0.3 is 15.1 Å². The molecule has 4 nitrogen and oxygen atoms in total. The average Bonchev–Trinajstić information content (AvgIpc) is 2.90. The fraction of sp³-hybridized carbons (Fsp3) is 0.929. The van der Waals surface area contributed by atoms with Gasteiger partial charge in [0.05, 0.1) is 0 Å². The van der Waals surface area contributed by atoms with Crippen LogP contribution in [-0.2, 0) is 4.79 Å². The summed E-state index contributed by atoms with van der Waals surface area (Å²) in [6.45, 7) is 8.83. The molecule has 0 radical (unpaired) electrons. The summed E-state index contributed by atoms with van der Waals surface area (Å²) in [5, 5.41) is 3.16. The van der Waals surface area contributed by atoms with Crippen molar-refractivity contribution in [3.05, 3.63) is 0 Å². The first-order valence-electron chi connectivity index (χ1n) is 7.52. The molecule has 104 valence electrons. The molecule has 2 rings (SSSR count). The van der Waals surface area contributed by atoms with E-state index in [1.54, 1.807) is 0 Å². The zero-order valence-electron chi connectivity index (χ0n) is 11.7. The second kappa shape index (κ2) is 7.10. The van der Waals surface area contributed by atoms with Gasteiger partial charge in [-0.15, -0.1) is 0 Å². The Morgan fingerprint density at radius 3 is 2.33 bits per heavy atom. The number of hydrogen-bond donors (Lipinski definition) is 1. The van der Waals surface area contributed by atoms with Crippen molar-refractivity contribution in [3.63, 3.8) is 0 Å². The van der Waals surface area contributed by atoms with E-state index in [0.29, 0.717) is 12.5 Å². The lowest BCUT2D eigenvalue weighted by molar-refractivity contribution is -0.122. The summed E-state index contributed by atoms with van der Waals surface area (Å²) in [6.07, 6.45) is 5.60. The zero-order valence-corrected chi connectivity index (χ0v) is 11.7. The second-order valence-corrected chi connectivity index (χ2v) is 5.57. The van der Waals surface area contributed by atoms with E-state index in [9.17, 15) is 4.79 Å². The molecule has 1 aliphatic carbocycles. The lowest BCUT2D eigenvalue weighted by atomic mass is 10.2. The molecule has 0 atom stereocenters. The Bertz CT molecular complexity index is 256. The third-order valence-electron chi connectivity index (χ3n) is 4.29. The SMILES string of the molecule is CCN1CCN(CCC(=O)NC2CCCC2)CC1. The second-order valence-electron chi connectivity index (χ2n) is 5.57. The number of carbonyl (C=O) groups is 1. The molecule has 1 heterocycles. The third-order valence-corrected chi connectivity index (χ3v) is 4.29. The maximum Gasteiger partial charge on any atom is 0.221 e.